The maximum Gasteiger partial charge on any atom is 0.335 e. The predicted octanol–water partition coefficient (Wildman–Crippen LogP) is 4.72. The number of anilines is 1. The molecule has 3 aromatic carbocycles. The van der Waals surface area contributed by atoms with E-state index in [0.29, 0.717) is 21.9 Å². The molecule has 160 valence electrons. The summed E-state index contributed by atoms with van der Waals surface area (Å²) in [6.45, 7) is 0.0617. The monoisotopic (exact) mass is 450 g/mol. The lowest BCUT2D eigenvalue weighted by atomic mass is 10.1. The summed E-state index contributed by atoms with van der Waals surface area (Å²) in [5.74, 6) is -1.39. The zero-order chi connectivity index (χ0) is 22.7. The summed E-state index contributed by atoms with van der Waals surface area (Å²) in [6, 6.07) is 18.1. The molecular formula is C24H16ClFN2O4. The number of ether oxygens (including phenoxy) is 1. The third kappa shape index (κ3) is 4.53. The van der Waals surface area contributed by atoms with Gasteiger partial charge in [-0.1, -0.05) is 41.9 Å². The van der Waals surface area contributed by atoms with Gasteiger partial charge in [-0.15, -0.1) is 0 Å². The Morgan fingerprint density at radius 3 is 2.31 bits per heavy atom. The molecule has 1 saturated heterocycles. The van der Waals surface area contributed by atoms with E-state index < -0.39 is 17.8 Å². The number of imide groups is 2. The molecule has 0 saturated carbocycles. The number of carbonyl (C=O) groups is 3. The van der Waals surface area contributed by atoms with Gasteiger partial charge in [0.2, 0.25) is 0 Å². The van der Waals surface area contributed by atoms with Gasteiger partial charge in [-0.05, 0) is 54.1 Å². The zero-order valence-electron chi connectivity index (χ0n) is 16.5. The van der Waals surface area contributed by atoms with Gasteiger partial charge >= 0.3 is 6.03 Å². The maximum absolute atomic E-state index is 13.7. The molecule has 4 rings (SSSR count). The van der Waals surface area contributed by atoms with Crippen molar-refractivity contribution in [3.05, 3.63) is 100 Å². The molecule has 1 aliphatic heterocycles. The number of amides is 4. The quantitative estimate of drug-likeness (QED) is 0.450. The Labute approximate surface area is 187 Å². The summed E-state index contributed by atoms with van der Waals surface area (Å²) >= 11 is 5.86. The van der Waals surface area contributed by atoms with Crippen LogP contribution in [-0.4, -0.2) is 17.8 Å². The van der Waals surface area contributed by atoms with Crippen molar-refractivity contribution in [3.63, 3.8) is 0 Å². The van der Waals surface area contributed by atoms with Crippen LogP contribution in [0.25, 0.3) is 6.08 Å². The fourth-order valence-corrected chi connectivity index (χ4v) is 3.21. The van der Waals surface area contributed by atoms with Gasteiger partial charge in [0.1, 0.15) is 23.7 Å². The van der Waals surface area contributed by atoms with Gasteiger partial charge in [-0.3, -0.25) is 14.9 Å². The molecule has 8 heteroatoms. The number of benzene rings is 3. The van der Waals surface area contributed by atoms with Gasteiger partial charge in [0.25, 0.3) is 11.8 Å². The van der Waals surface area contributed by atoms with E-state index in [9.17, 15) is 18.8 Å². The van der Waals surface area contributed by atoms with Crippen molar-refractivity contribution in [1.29, 1.82) is 0 Å². The molecule has 6 nitrogen and oxygen atoms in total. The van der Waals surface area contributed by atoms with Crippen LogP contribution >= 0.6 is 11.6 Å². The highest BCUT2D eigenvalue weighted by Gasteiger charge is 2.36. The molecule has 0 radical (unpaired) electrons. The van der Waals surface area contributed by atoms with Gasteiger partial charge in [0, 0.05) is 10.6 Å². The third-order valence-corrected chi connectivity index (χ3v) is 4.98. The van der Waals surface area contributed by atoms with Crippen molar-refractivity contribution in [1.82, 2.24) is 5.32 Å². The lowest BCUT2D eigenvalue weighted by molar-refractivity contribution is -0.122. The smallest absolute Gasteiger partial charge is 0.335 e. The van der Waals surface area contributed by atoms with Crippen LogP contribution in [-0.2, 0) is 16.2 Å². The fourth-order valence-electron chi connectivity index (χ4n) is 3.09. The molecule has 3 aromatic rings. The minimum atomic E-state index is -0.837. The van der Waals surface area contributed by atoms with Crippen LogP contribution in [0.3, 0.4) is 0 Å². The molecule has 1 heterocycles. The second-order valence-corrected chi connectivity index (χ2v) is 7.32. The minimum Gasteiger partial charge on any atom is -0.489 e. The molecule has 1 N–H and O–H groups in total. The van der Waals surface area contributed by atoms with Crippen molar-refractivity contribution in [2.24, 2.45) is 0 Å². The third-order valence-electron chi connectivity index (χ3n) is 4.73. The van der Waals surface area contributed by atoms with E-state index in [2.05, 4.69) is 5.32 Å². The average Bonchev–Trinajstić information content (AvgIpc) is 2.78. The molecule has 0 aliphatic carbocycles. The Morgan fingerprint density at radius 1 is 0.938 bits per heavy atom. The lowest BCUT2D eigenvalue weighted by Crippen LogP contribution is -2.54. The fraction of sp³-hybridized carbons (Fsp3) is 0.0417. The largest absolute Gasteiger partial charge is 0.489 e. The van der Waals surface area contributed by atoms with Gasteiger partial charge in [-0.25, -0.2) is 14.1 Å². The molecule has 1 aliphatic rings. The summed E-state index contributed by atoms with van der Waals surface area (Å²) in [7, 11) is 0. The van der Waals surface area contributed by atoms with E-state index in [1.165, 1.54) is 36.4 Å². The highest BCUT2D eigenvalue weighted by atomic mass is 35.5. The number of rotatable bonds is 5. The van der Waals surface area contributed by atoms with Crippen LogP contribution < -0.4 is 15.0 Å². The minimum absolute atomic E-state index is 0.0617. The van der Waals surface area contributed by atoms with E-state index >= 15 is 0 Å². The van der Waals surface area contributed by atoms with Crippen LogP contribution in [0.15, 0.2) is 78.4 Å². The van der Waals surface area contributed by atoms with Crippen molar-refractivity contribution in [2.75, 3.05) is 4.90 Å². The van der Waals surface area contributed by atoms with Gasteiger partial charge in [0.05, 0.1) is 5.69 Å². The molecular weight excluding hydrogens is 435 g/mol. The molecule has 4 amide bonds. The summed E-state index contributed by atoms with van der Waals surface area (Å²) < 4.78 is 19.3. The highest BCUT2D eigenvalue weighted by molar-refractivity contribution is 6.39. The summed E-state index contributed by atoms with van der Waals surface area (Å²) in [5.41, 5.74) is 1.06. The molecule has 0 atom stereocenters. The van der Waals surface area contributed by atoms with Crippen LogP contribution in [0.5, 0.6) is 5.75 Å². The predicted molar refractivity (Wildman–Crippen MR) is 118 cm³/mol. The standard InChI is InChI=1S/C24H16ClFN2O4/c25-17-7-9-18(10-8-17)28-23(30)20(22(29)27-24(28)31)13-15-5-11-19(12-6-15)32-14-16-3-1-2-4-21(16)26/h1-13H,14H2,(H,27,29,31). The Bertz CT molecular complexity index is 1220. The Kier molecular flexibility index (Phi) is 6.00. The van der Waals surface area contributed by atoms with Gasteiger partial charge in [0.15, 0.2) is 0 Å². The van der Waals surface area contributed by atoms with E-state index in [1.807, 2.05) is 0 Å². The number of halogens is 2. The van der Waals surface area contributed by atoms with E-state index in [-0.39, 0.29) is 23.7 Å². The highest BCUT2D eigenvalue weighted by Crippen LogP contribution is 2.24. The summed E-state index contributed by atoms with van der Waals surface area (Å²) in [6.07, 6.45) is 1.38. The lowest BCUT2D eigenvalue weighted by Gasteiger charge is -2.26. The molecule has 0 spiro atoms. The Balaban J connectivity index is 1.52. The Morgan fingerprint density at radius 2 is 1.62 bits per heavy atom. The normalized spacial score (nSPS) is 15.1. The number of hydrogen-bond donors (Lipinski definition) is 1. The summed E-state index contributed by atoms with van der Waals surface area (Å²) in [4.78, 5) is 38.3. The van der Waals surface area contributed by atoms with E-state index in [0.717, 1.165) is 4.90 Å². The number of nitrogens with zero attached hydrogens (tertiary/aromatic N) is 1. The van der Waals surface area contributed by atoms with Gasteiger partial charge in [-0.2, -0.15) is 0 Å². The first-order valence-corrected chi connectivity index (χ1v) is 9.93. The molecule has 1 fully saturated rings. The van der Waals surface area contributed by atoms with Crippen molar-refractivity contribution >= 4 is 41.2 Å². The van der Waals surface area contributed by atoms with Crippen LogP contribution in [0.2, 0.25) is 5.02 Å². The van der Waals surface area contributed by atoms with E-state index in [4.69, 9.17) is 16.3 Å². The maximum atomic E-state index is 13.7. The topological polar surface area (TPSA) is 75.7 Å². The zero-order valence-corrected chi connectivity index (χ0v) is 17.3. The number of barbiturate groups is 1. The Hall–Kier alpha value is -3.97. The van der Waals surface area contributed by atoms with Crippen LogP contribution in [0.1, 0.15) is 11.1 Å². The first kappa shape index (κ1) is 21.3. The number of hydrogen-bond acceptors (Lipinski definition) is 4. The van der Waals surface area contributed by atoms with Crippen molar-refractivity contribution in [2.45, 2.75) is 6.61 Å². The number of nitrogens with one attached hydrogen (secondary N) is 1. The first-order chi connectivity index (χ1) is 15.4. The van der Waals surface area contributed by atoms with Crippen LogP contribution in [0.4, 0.5) is 14.9 Å². The number of carbonyl (C=O) groups excluding carboxylic acids is 3. The average molecular weight is 451 g/mol. The molecule has 0 unspecified atom stereocenters. The first-order valence-electron chi connectivity index (χ1n) is 9.55. The second-order valence-electron chi connectivity index (χ2n) is 6.88. The van der Waals surface area contributed by atoms with Crippen molar-refractivity contribution in [3.8, 4) is 5.75 Å². The second kappa shape index (κ2) is 9.03. The van der Waals surface area contributed by atoms with Gasteiger partial charge < -0.3 is 4.74 Å². The SMILES string of the molecule is O=C1NC(=O)N(c2ccc(Cl)cc2)C(=O)C1=Cc1ccc(OCc2ccccc2F)cc1. The van der Waals surface area contributed by atoms with Crippen LogP contribution in [0, 0.1) is 5.82 Å². The summed E-state index contributed by atoms with van der Waals surface area (Å²) in [5, 5.41) is 2.61. The molecule has 0 bridgehead atoms. The molecule has 32 heavy (non-hydrogen) atoms. The number of urea groups is 1. The molecule has 0 aromatic heterocycles. The van der Waals surface area contributed by atoms with E-state index in [1.54, 1.807) is 42.5 Å². The van der Waals surface area contributed by atoms with Crippen molar-refractivity contribution < 1.29 is 23.5 Å².